The maximum absolute atomic E-state index is 12.1. The van der Waals surface area contributed by atoms with E-state index in [2.05, 4.69) is 5.32 Å². The van der Waals surface area contributed by atoms with E-state index in [1.165, 1.54) is 13.0 Å². The highest BCUT2D eigenvalue weighted by atomic mass is 32.2. The second-order valence-electron chi connectivity index (χ2n) is 4.49. The van der Waals surface area contributed by atoms with Crippen LogP contribution in [0.4, 0.5) is 8.78 Å². The Balaban J connectivity index is 3.38. The maximum atomic E-state index is 12.1. The lowest BCUT2D eigenvalue weighted by Crippen LogP contribution is -2.30. The van der Waals surface area contributed by atoms with Crippen LogP contribution in [0.1, 0.15) is 27.0 Å². The van der Waals surface area contributed by atoms with Crippen molar-refractivity contribution in [2.24, 2.45) is 5.14 Å². The van der Waals surface area contributed by atoms with E-state index in [0.717, 1.165) is 0 Å². The highest BCUT2D eigenvalue weighted by Gasteiger charge is 2.23. The summed E-state index contributed by atoms with van der Waals surface area (Å²) in [5.41, 5.74) is 1.13. The summed E-state index contributed by atoms with van der Waals surface area (Å²) in [5, 5.41) is 7.17. The van der Waals surface area contributed by atoms with E-state index in [0.29, 0.717) is 11.1 Å². The van der Waals surface area contributed by atoms with Gasteiger partial charge in [0.15, 0.2) is 0 Å². The van der Waals surface area contributed by atoms with Gasteiger partial charge in [0.1, 0.15) is 0 Å². The fourth-order valence-corrected chi connectivity index (χ4v) is 3.25. The number of primary sulfonamides is 1. The number of halogens is 2. The van der Waals surface area contributed by atoms with E-state index >= 15 is 0 Å². The van der Waals surface area contributed by atoms with Gasteiger partial charge >= 0.3 is 0 Å². The molecule has 0 fully saturated rings. The molecule has 0 aliphatic carbocycles. The van der Waals surface area contributed by atoms with Crippen molar-refractivity contribution in [1.29, 1.82) is 0 Å². The van der Waals surface area contributed by atoms with Gasteiger partial charge in [-0.2, -0.15) is 0 Å². The molecular formula is C12H16F2N2O3S. The molecule has 1 amide bonds. The number of aryl methyl sites for hydroxylation is 2. The van der Waals surface area contributed by atoms with Gasteiger partial charge in [-0.1, -0.05) is 6.07 Å². The Morgan fingerprint density at radius 2 is 1.85 bits per heavy atom. The molecule has 1 rings (SSSR count). The van der Waals surface area contributed by atoms with Crippen molar-refractivity contribution in [2.45, 2.75) is 32.1 Å². The molecule has 0 radical (unpaired) electrons. The summed E-state index contributed by atoms with van der Waals surface area (Å²) in [6.07, 6.45) is -2.68. The van der Waals surface area contributed by atoms with Crippen LogP contribution in [0.15, 0.2) is 11.0 Å². The molecule has 8 heteroatoms. The molecule has 0 aromatic heterocycles. The minimum atomic E-state index is -4.00. The minimum absolute atomic E-state index is 0.0558. The molecule has 0 saturated carbocycles. The van der Waals surface area contributed by atoms with Gasteiger partial charge in [-0.25, -0.2) is 22.3 Å². The van der Waals surface area contributed by atoms with Crippen LogP contribution >= 0.6 is 0 Å². The average Bonchev–Trinajstić information content (AvgIpc) is 2.23. The average molecular weight is 306 g/mol. The molecule has 1 aromatic carbocycles. The molecular weight excluding hydrogens is 290 g/mol. The summed E-state index contributed by atoms with van der Waals surface area (Å²) in [5.74, 6) is -0.745. The van der Waals surface area contributed by atoms with Gasteiger partial charge in [0.05, 0.1) is 11.4 Å². The van der Waals surface area contributed by atoms with Gasteiger partial charge in [-0.3, -0.25) is 4.79 Å². The molecule has 0 spiro atoms. The summed E-state index contributed by atoms with van der Waals surface area (Å²) in [4.78, 5) is 11.8. The molecule has 5 nitrogen and oxygen atoms in total. The molecule has 112 valence electrons. The number of rotatable bonds is 4. The summed E-state index contributed by atoms with van der Waals surface area (Å²) in [7, 11) is -4.00. The van der Waals surface area contributed by atoms with E-state index in [1.54, 1.807) is 13.8 Å². The van der Waals surface area contributed by atoms with E-state index in [9.17, 15) is 22.0 Å². The quantitative estimate of drug-likeness (QED) is 0.877. The number of nitrogens with two attached hydrogens (primary N) is 1. The van der Waals surface area contributed by atoms with E-state index in [-0.39, 0.29) is 16.0 Å². The zero-order valence-electron chi connectivity index (χ0n) is 11.3. The van der Waals surface area contributed by atoms with Crippen LogP contribution in [0.5, 0.6) is 0 Å². The monoisotopic (exact) mass is 306 g/mol. The largest absolute Gasteiger partial charge is 0.346 e. The molecule has 0 atom stereocenters. The molecule has 0 unspecified atom stereocenters. The Labute approximate surface area is 116 Å². The van der Waals surface area contributed by atoms with Crippen molar-refractivity contribution in [3.63, 3.8) is 0 Å². The first kappa shape index (κ1) is 16.5. The molecule has 20 heavy (non-hydrogen) atoms. The number of alkyl halides is 2. The van der Waals surface area contributed by atoms with Crippen molar-refractivity contribution in [2.75, 3.05) is 6.54 Å². The summed E-state index contributed by atoms with van der Waals surface area (Å²) in [6.45, 7) is 3.79. The normalized spacial score (nSPS) is 11.8. The van der Waals surface area contributed by atoms with Gasteiger partial charge in [0.25, 0.3) is 12.3 Å². The van der Waals surface area contributed by atoms with Gasteiger partial charge in [0, 0.05) is 5.56 Å². The van der Waals surface area contributed by atoms with Gasteiger partial charge in [0.2, 0.25) is 10.0 Å². The number of sulfonamides is 1. The first-order chi connectivity index (χ1) is 9.05. The lowest BCUT2D eigenvalue weighted by molar-refractivity contribution is 0.0890. The summed E-state index contributed by atoms with van der Waals surface area (Å²) >= 11 is 0. The van der Waals surface area contributed by atoms with Crippen molar-refractivity contribution < 1.29 is 22.0 Å². The third kappa shape index (κ3) is 3.51. The van der Waals surface area contributed by atoms with E-state index in [1.807, 2.05) is 0 Å². The van der Waals surface area contributed by atoms with Crippen LogP contribution in [0.3, 0.4) is 0 Å². The Hall–Kier alpha value is -1.54. The van der Waals surface area contributed by atoms with Gasteiger partial charge in [-0.15, -0.1) is 0 Å². The van der Waals surface area contributed by atoms with Crippen molar-refractivity contribution in [1.82, 2.24) is 5.32 Å². The zero-order chi connectivity index (χ0) is 15.7. The number of amides is 1. The number of hydrogen-bond acceptors (Lipinski definition) is 3. The standard InChI is InChI=1S/C12H16F2N2O3S/c1-6-4-7(2)11(20(15,18)19)8(3)10(6)12(17)16-5-9(13)14/h4,9H,5H2,1-3H3,(H,16,17)(H2,15,18,19). The first-order valence-corrected chi connectivity index (χ1v) is 7.30. The smallest absolute Gasteiger partial charge is 0.255 e. The van der Waals surface area contributed by atoms with Crippen LogP contribution < -0.4 is 10.5 Å². The Morgan fingerprint density at radius 3 is 2.30 bits per heavy atom. The van der Waals surface area contributed by atoms with Crippen LogP contribution in [0, 0.1) is 20.8 Å². The first-order valence-electron chi connectivity index (χ1n) is 5.75. The van der Waals surface area contributed by atoms with Crippen molar-refractivity contribution in [3.8, 4) is 0 Å². The Morgan fingerprint density at radius 1 is 1.30 bits per heavy atom. The van der Waals surface area contributed by atoms with Gasteiger partial charge < -0.3 is 5.32 Å². The maximum Gasteiger partial charge on any atom is 0.255 e. The topological polar surface area (TPSA) is 89.3 Å². The number of carbonyl (C=O) groups excluding carboxylic acids is 1. The summed E-state index contributed by atoms with van der Waals surface area (Å²) < 4.78 is 47.3. The molecule has 0 heterocycles. The fraction of sp³-hybridized carbons (Fsp3) is 0.417. The van der Waals surface area contributed by atoms with Crippen LogP contribution in [0.25, 0.3) is 0 Å². The third-order valence-electron chi connectivity index (χ3n) is 2.83. The second-order valence-corrected chi connectivity index (χ2v) is 5.98. The lowest BCUT2D eigenvalue weighted by atomic mass is 9.99. The van der Waals surface area contributed by atoms with Crippen LogP contribution in [0.2, 0.25) is 0 Å². The highest BCUT2D eigenvalue weighted by Crippen LogP contribution is 2.25. The number of nitrogens with one attached hydrogen (secondary N) is 1. The SMILES string of the molecule is Cc1cc(C)c(S(N)(=O)=O)c(C)c1C(=O)NCC(F)F. The van der Waals surface area contributed by atoms with Crippen LogP contribution in [-0.4, -0.2) is 27.3 Å². The zero-order valence-corrected chi connectivity index (χ0v) is 12.1. The Kier molecular flexibility index (Phi) is 4.82. The molecule has 3 N–H and O–H groups in total. The predicted octanol–water partition coefficient (Wildman–Crippen LogP) is 1.25. The van der Waals surface area contributed by atoms with E-state index < -0.39 is 28.9 Å². The molecule has 0 bridgehead atoms. The predicted molar refractivity (Wildman–Crippen MR) is 70.4 cm³/mol. The van der Waals surface area contributed by atoms with Crippen molar-refractivity contribution in [3.05, 3.63) is 28.3 Å². The molecule has 1 aromatic rings. The van der Waals surface area contributed by atoms with Crippen LogP contribution in [-0.2, 0) is 10.0 Å². The number of carbonyl (C=O) groups is 1. The lowest BCUT2D eigenvalue weighted by Gasteiger charge is -2.15. The highest BCUT2D eigenvalue weighted by molar-refractivity contribution is 7.89. The summed E-state index contributed by atoms with van der Waals surface area (Å²) in [6, 6.07) is 1.49. The molecule has 0 aliphatic heterocycles. The molecule has 0 aliphatic rings. The number of hydrogen-bond donors (Lipinski definition) is 2. The second kappa shape index (κ2) is 5.84. The van der Waals surface area contributed by atoms with E-state index in [4.69, 9.17) is 5.14 Å². The Bertz CT molecular complexity index is 643. The number of benzene rings is 1. The third-order valence-corrected chi connectivity index (χ3v) is 4.03. The minimum Gasteiger partial charge on any atom is -0.346 e. The molecule has 0 saturated heterocycles. The van der Waals surface area contributed by atoms with Gasteiger partial charge in [-0.05, 0) is 37.5 Å². The van der Waals surface area contributed by atoms with Crippen molar-refractivity contribution >= 4 is 15.9 Å². The fourth-order valence-electron chi connectivity index (χ4n) is 2.21.